The van der Waals surface area contributed by atoms with Gasteiger partial charge in [-0.15, -0.1) is 0 Å². The Morgan fingerprint density at radius 2 is 1.97 bits per heavy atom. The van der Waals surface area contributed by atoms with E-state index >= 15 is 0 Å². The van der Waals surface area contributed by atoms with Crippen molar-refractivity contribution in [2.45, 2.75) is 6.42 Å². The Kier molecular flexibility index (Phi) is 7.43. The first-order chi connectivity index (χ1) is 16.1. The van der Waals surface area contributed by atoms with Crippen molar-refractivity contribution in [2.75, 3.05) is 44.6 Å². The molecular weight excluding hydrogens is 423 g/mol. The van der Waals surface area contributed by atoms with Gasteiger partial charge in [0.25, 0.3) is 5.56 Å². The Morgan fingerprint density at radius 1 is 1.18 bits per heavy atom. The van der Waals surface area contributed by atoms with Gasteiger partial charge in [0.05, 0.1) is 12.2 Å². The van der Waals surface area contributed by atoms with E-state index in [2.05, 4.69) is 25.6 Å². The number of fused-ring (bicyclic) bond motifs is 1. The third kappa shape index (κ3) is 6.03. The molecule has 0 amide bonds. The number of nitrogens with zero attached hydrogens (tertiary/aromatic N) is 2. The summed E-state index contributed by atoms with van der Waals surface area (Å²) >= 11 is 0. The van der Waals surface area contributed by atoms with E-state index in [1.54, 1.807) is 0 Å². The fraction of sp³-hybridized carbons (Fsp3) is 0.292. The second-order valence-electron chi connectivity index (χ2n) is 7.85. The maximum absolute atomic E-state index is 13.5. The largest absolute Gasteiger partial charge is 0.494 e. The molecule has 4 rings (SSSR count). The molecular formula is C24H27FN6O2. The number of aromatic amines is 1. The molecule has 0 radical (unpaired) electrons. The van der Waals surface area contributed by atoms with Crippen molar-refractivity contribution in [3.8, 4) is 5.75 Å². The Morgan fingerprint density at radius 3 is 2.73 bits per heavy atom. The van der Waals surface area contributed by atoms with Gasteiger partial charge in [0, 0.05) is 55.5 Å². The summed E-state index contributed by atoms with van der Waals surface area (Å²) in [5, 5.41) is 10.4. The minimum Gasteiger partial charge on any atom is -0.494 e. The van der Waals surface area contributed by atoms with E-state index in [0.717, 1.165) is 50.6 Å². The first kappa shape index (κ1) is 22.6. The monoisotopic (exact) mass is 450 g/mol. The number of hydrogen-bond donors (Lipinski definition) is 4. The van der Waals surface area contributed by atoms with Gasteiger partial charge in [-0.3, -0.25) is 4.79 Å². The fourth-order valence-corrected chi connectivity index (χ4v) is 3.75. The van der Waals surface area contributed by atoms with Crippen molar-refractivity contribution in [1.29, 1.82) is 5.53 Å². The average molecular weight is 451 g/mol. The minimum atomic E-state index is -0.405. The van der Waals surface area contributed by atoms with Crippen LogP contribution in [0.5, 0.6) is 5.75 Å². The van der Waals surface area contributed by atoms with E-state index in [0.29, 0.717) is 17.5 Å². The van der Waals surface area contributed by atoms with Gasteiger partial charge in [0.15, 0.2) is 0 Å². The number of ether oxygens (including phenoxy) is 1. The molecule has 0 saturated carbocycles. The third-order valence-electron chi connectivity index (χ3n) is 5.53. The second-order valence-corrected chi connectivity index (χ2v) is 7.85. The Hall–Kier alpha value is -3.56. The molecule has 2 heterocycles. The summed E-state index contributed by atoms with van der Waals surface area (Å²) < 4.78 is 19.4. The molecule has 1 saturated heterocycles. The Balaban J connectivity index is 1.35. The SMILES string of the molecule is N=N/C(=C\Nc1ccc(OCCCN2CCNCC2)cc1)c1cc2cc(F)ccc2[nH]c1=O. The van der Waals surface area contributed by atoms with Crippen LogP contribution in [-0.4, -0.2) is 49.2 Å². The maximum Gasteiger partial charge on any atom is 0.258 e. The second kappa shape index (κ2) is 10.8. The number of halogens is 1. The molecule has 1 aliphatic heterocycles. The molecule has 1 fully saturated rings. The highest BCUT2D eigenvalue weighted by Crippen LogP contribution is 2.20. The Bertz CT molecular complexity index is 1190. The number of hydrogen-bond acceptors (Lipinski definition) is 7. The average Bonchev–Trinajstić information content (AvgIpc) is 2.84. The van der Waals surface area contributed by atoms with Crippen LogP contribution in [0.2, 0.25) is 0 Å². The van der Waals surface area contributed by atoms with Gasteiger partial charge >= 0.3 is 0 Å². The van der Waals surface area contributed by atoms with E-state index in [4.69, 9.17) is 10.3 Å². The predicted octanol–water partition coefficient (Wildman–Crippen LogP) is 3.78. The van der Waals surface area contributed by atoms with Gasteiger partial charge in [0.2, 0.25) is 0 Å². The van der Waals surface area contributed by atoms with E-state index in [1.165, 1.54) is 30.5 Å². The van der Waals surface area contributed by atoms with Crippen LogP contribution in [0.25, 0.3) is 16.6 Å². The summed E-state index contributed by atoms with van der Waals surface area (Å²) in [7, 11) is 0. The van der Waals surface area contributed by atoms with Crippen LogP contribution in [0, 0.1) is 11.3 Å². The van der Waals surface area contributed by atoms with Gasteiger partial charge < -0.3 is 25.3 Å². The van der Waals surface area contributed by atoms with Crippen molar-refractivity contribution in [2.24, 2.45) is 5.11 Å². The summed E-state index contributed by atoms with van der Waals surface area (Å²) in [5.41, 5.74) is 8.67. The molecule has 0 bridgehead atoms. The van der Waals surface area contributed by atoms with Gasteiger partial charge in [0.1, 0.15) is 17.3 Å². The zero-order valence-corrected chi connectivity index (χ0v) is 18.2. The lowest BCUT2D eigenvalue weighted by Crippen LogP contribution is -2.43. The summed E-state index contributed by atoms with van der Waals surface area (Å²) in [6.45, 7) is 5.96. The van der Waals surface area contributed by atoms with E-state index in [1.807, 2.05) is 24.3 Å². The van der Waals surface area contributed by atoms with E-state index in [-0.39, 0.29) is 11.3 Å². The Labute approximate surface area is 191 Å². The van der Waals surface area contributed by atoms with Crippen LogP contribution in [0.1, 0.15) is 12.0 Å². The van der Waals surface area contributed by atoms with Gasteiger partial charge in [-0.05, 0) is 55.0 Å². The quantitative estimate of drug-likeness (QED) is 0.293. The lowest BCUT2D eigenvalue weighted by Gasteiger charge is -2.26. The molecule has 0 unspecified atom stereocenters. The lowest BCUT2D eigenvalue weighted by molar-refractivity contribution is 0.214. The van der Waals surface area contributed by atoms with E-state index in [9.17, 15) is 9.18 Å². The summed E-state index contributed by atoms with van der Waals surface area (Å²) in [5.74, 6) is 0.376. The highest BCUT2D eigenvalue weighted by Gasteiger charge is 2.10. The van der Waals surface area contributed by atoms with Crippen LogP contribution in [0.3, 0.4) is 0 Å². The predicted molar refractivity (Wildman–Crippen MR) is 127 cm³/mol. The van der Waals surface area contributed by atoms with Crippen LogP contribution in [0.4, 0.5) is 10.1 Å². The van der Waals surface area contributed by atoms with Crippen LogP contribution in [-0.2, 0) is 0 Å². The van der Waals surface area contributed by atoms with Crippen molar-refractivity contribution < 1.29 is 9.13 Å². The van der Waals surface area contributed by atoms with Crippen molar-refractivity contribution in [3.63, 3.8) is 0 Å². The van der Waals surface area contributed by atoms with Crippen LogP contribution < -0.4 is 20.9 Å². The smallest absolute Gasteiger partial charge is 0.258 e. The van der Waals surface area contributed by atoms with Gasteiger partial charge in [-0.1, -0.05) is 0 Å². The van der Waals surface area contributed by atoms with Crippen molar-refractivity contribution in [1.82, 2.24) is 15.2 Å². The molecule has 8 nitrogen and oxygen atoms in total. The summed E-state index contributed by atoms with van der Waals surface area (Å²) in [6.07, 6.45) is 2.45. The molecule has 0 atom stereocenters. The third-order valence-corrected chi connectivity index (χ3v) is 5.53. The molecule has 1 aromatic heterocycles. The summed E-state index contributed by atoms with van der Waals surface area (Å²) in [6, 6.07) is 13.1. The molecule has 2 aromatic carbocycles. The number of aromatic nitrogens is 1. The molecule has 0 aliphatic carbocycles. The zero-order valence-electron chi connectivity index (χ0n) is 18.2. The number of anilines is 1. The standard InChI is InChI=1S/C24H27FN6O2/c25-18-2-7-22-17(14-18)15-21(24(32)29-22)23(30-26)16-28-19-3-5-20(6-4-19)33-13-1-10-31-11-8-27-9-12-31/h2-7,14-16,26-28H,1,8-13H2,(H,29,32)/b23-16-,30-26?. The fourth-order valence-electron chi connectivity index (χ4n) is 3.75. The minimum absolute atomic E-state index is 0.135. The highest BCUT2D eigenvalue weighted by molar-refractivity contribution is 5.82. The van der Waals surface area contributed by atoms with Gasteiger partial charge in [-0.25, -0.2) is 9.92 Å². The number of benzene rings is 2. The molecule has 33 heavy (non-hydrogen) atoms. The number of pyridine rings is 1. The number of rotatable bonds is 9. The summed E-state index contributed by atoms with van der Waals surface area (Å²) in [4.78, 5) is 17.5. The number of nitrogens with one attached hydrogen (secondary N) is 4. The van der Waals surface area contributed by atoms with Crippen LogP contribution in [0.15, 0.2) is 64.6 Å². The molecule has 3 aromatic rings. The molecule has 9 heteroatoms. The number of piperazine rings is 1. The molecule has 172 valence electrons. The molecule has 0 spiro atoms. The topological polar surface area (TPSA) is 106 Å². The van der Waals surface area contributed by atoms with Crippen LogP contribution >= 0.6 is 0 Å². The highest BCUT2D eigenvalue weighted by atomic mass is 19.1. The van der Waals surface area contributed by atoms with Crippen molar-refractivity contribution >= 4 is 22.3 Å². The number of H-pyrrole nitrogens is 1. The van der Waals surface area contributed by atoms with Crippen molar-refractivity contribution in [3.05, 3.63) is 76.5 Å². The lowest BCUT2D eigenvalue weighted by atomic mass is 10.1. The first-order valence-corrected chi connectivity index (χ1v) is 11.0. The van der Waals surface area contributed by atoms with E-state index < -0.39 is 11.4 Å². The zero-order chi connectivity index (χ0) is 23.0. The van der Waals surface area contributed by atoms with Gasteiger partial charge in [-0.2, -0.15) is 5.11 Å². The maximum atomic E-state index is 13.5. The first-order valence-electron chi connectivity index (χ1n) is 11.0. The molecule has 4 N–H and O–H groups in total. The normalized spacial score (nSPS) is 14.9. The molecule has 1 aliphatic rings.